The fourth-order valence-corrected chi connectivity index (χ4v) is 3.70. The Morgan fingerprint density at radius 3 is 2.70 bits per heavy atom. The van der Waals surface area contributed by atoms with E-state index in [4.69, 9.17) is 0 Å². The van der Waals surface area contributed by atoms with Crippen LogP contribution in [-0.4, -0.2) is 41.4 Å². The van der Waals surface area contributed by atoms with E-state index in [-0.39, 0.29) is 6.04 Å². The van der Waals surface area contributed by atoms with Crippen molar-refractivity contribution in [2.75, 3.05) is 6.54 Å². The molecular formula is C16H25N7. The first-order valence-corrected chi connectivity index (χ1v) is 8.73. The number of hydrogen-bond donors (Lipinski definition) is 1. The molecule has 0 bridgehead atoms. The van der Waals surface area contributed by atoms with Crippen molar-refractivity contribution >= 4 is 0 Å². The predicted octanol–water partition coefficient (Wildman–Crippen LogP) is 2.24. The van der Waals surface area contributed by atoms with Crippen molar-refractivity contribution in [1.82, 2.24) is 34.8 Å². The summed E-state index contributed by atoms with van der Waals surface area (Å²) in [6, 6.07) is 0.289. The van der Waals surface area contributed by atoms with Crippen molar-refractivity contribution in [2.45, 2.75) is 64.0 Å². The van der Waals surface area contributed by atoms with Gasteiger partial charge in [-0.05, 0) is 39.2 Å². The molecule has 124 valence electrons. The fraction of sp³-hybridized carbons (Fsp3) is 0.750. The van der Waals surface area contributed by atoms with Gasteiger partial charge in [0.2, 0.25) is 0 Å². The van der Waals surface area contributed by atoms with Gasteiger partial charge in [0.05, 0.1) is 12.6 Å². The second-order valence-electron chi connectivity index (χ2n) is 6.92. The Bertz CT molecular complexity index is 670. The number of aromatic nitrogens is 6. The van der Waals surface area contributed by atoms with Crippen molar-refractivity contribution in [3.8, 4) is 0 Å². The van der Waals surface area contributed by atoms with Gasteiger partial charge in [0.1, 0.15) is 17.5 Å². The van der Waals surface area contributed by atoms with Crippen LogP contribution in [0.1, 0.15) is 73.8 Å². The van der Waals surface area contributed by atoms with E-state index in [1.54, 1.807) is 0 Å². The standard InChI is InChI=1S/C16H25N7/c1-11-17-15(20-18-11)13-8-3-4-9-23(13)10-14-19-21-16(22(14)2)12-6-5-7-12/h12-13H,3-10H2,1-2H3,(H,17,18,20). The minimum atomic E-state index is 0.289. The zero-order valence-corrected chi connectivity index (χ0v) is 14.0. The smallest absolute Gasteiger partial charge is 0.167 e. The Kier molecular flexibility index (Phi) is 3.88. The number of nitrogens with zero attached hydrogens (tertiary/aromatic N) is 6. The maximum atomic E-state index is 4.55. The number of aromatic amines is 1. The summed E-state index contributed by atoms with van der Waals surface area (Å²) in [6.07, 6.45) is 7.42. The molecule has 0 aromatic carbocycles. The van der Waals surface area contributed by atoms with E-state index in [0.717, 1.165) is 42.8 Å². The number of hydrogen-bond acceptors (Lipinski definition) is 5. The minimum Gasteiger partial charge on any atom is -0.317 e. The van der Waals surface area contributed by atoms with Crippen LogP contribution in [0.15, 0.2) is 0 Å². The number of H-pyrrole nitrogens is 1. The number of likely N-dealkylation sites (tertiary alicyclic amines) is 1. The largest absolute Gasteiger partial charge is 0.317 e. The second kappa shape index (κ2) is 6.03. The highest BCUT2D eigenvalue weighted by atomic mass is 15.3. The second-order valence-corrected chi connectivity index (χ2v) is 6.92. The van der Waals surface area contributed by atoms with Crippen LogP contribution in [0.4, 0.5) is 0 Å². The highest BCUT2D eigenvalue weighted by Gasteiger charge is 2.30. The molecule has 1 N–H and O–H groups in total. The average Bonchev–Trinajstić information content (AvgIpc) is 3.07. The summed E-state index contributed by atoms with van der Waals surface area (Å²) < 4.78 is 2.21. The van der Waals surface area contributed by atoms with Crippen LogP contribution in [0.3, 0.4) is 0 Å². The lowest BCUT2D eigenvalue weighted by Gasteiger charge is -2.33. The summed E-state index contributed by atoms with van der Waals surface area (Å²) >= 11 is 0. The molecule has 1 unspecified atom stereocenters. The van der Waals surface area contributed by atoms with E-state index in [9.17, 15) is 0 Å². The van der Waals surface area contributed by atoms with Gasteiger partial charge in [-0.15, -0.1) is 10.2 Å². The van der Waals surface area contributed by atoms with Crippen LogP contribution in [0.2, 0.25) is 0 Å². The highest BCUT2D eigenvalue weighted by Crippen LogP contribution is 2.35. The van der Waals surface area contributed by atoms with Gasteiger partial charge in [-0.25, -0.2) is 4.98 Å². The molecule has 2 aromatic heterocycles. The van der Waals surface area contributed by atoms with Crippen molar-refractivity contribution in [2.24, 2.45) is 7.05 Å². The molecule has 23 heavy (non-hydrogen) atoms. The SMILES string of the molecule is Cc1nc(C2CCCCN2Cc2nnc(C3CCC3)n2C)n[nH]1. The third-order valence-electron chi connectivity index (χ3n) is 5.34. The number of piperidine rings is 1. The predicted molar refractivity (Wildman–Crippen MR) is 85.7 cm³/mol. The first-order valence-electron chi connectivity index (χ1n) is 8.73. The van der Waals surface area contributed by atoms with Gasteiger partial charge in [-0.1, -0.05) is 12.8 Å². The topological polar surface area (TPSA) is 75.5 Å². The van der Waals surface area contributed by atoms with Gasteiger partial charge in [-0.2, -0.15) is 5.10 Å². The summed E-state index contributed by atoms with van der Waals surface area (Å²) in [5.41, 5.74) is 0. The molecule has 0 radical (unpaired) electrons. The molecule has 7 heteroatoms. The van der Waals surface area contributed by atoms with Crippen molar-refractivity contribution in [1.29, 1.82) is 0 Å². The Labute approximate surface area is 136 Å². The normalized spacial score (nSPS) is 23.1. The number of nitrogens with one attached hydrogen (secondary N) is 1. The summed E-state index contributed by atoms with van der Waals surface area (Å²) in [5, 5.41) is 16.3. The van der Waals surface area contributed by atoms with Gasteiger partial charge in [0.25, 0.3) is 0 Å². The highest BCUT2D eigenvalue weighted by molar-refractivity contribution is 5.06. The van der Waals surface area contributed by atoms with Crippen LogP contribution >= 0.6 is 0 Å². The van der Waals surface area contributed by atoms with E-state index in [1.807, 2.05) is 6.92 Å². The summed E-state index contributed by atoms with van der Waals surface area (Å²) in [4.78, 5) is 7.01. The quantitative estimate of drug-likeness (QED) is 0.936. The zero-order chi connectivity index (χ0) is 15.8. The lowest BCUT2D eigenvalue weighted by Crippen LogP contribution is -2.34. The maximum absolute atomic E-state index is 4.55. The number of rotatable bonds is 4. The molecule has 0 spiro atoms. The van der Waals surface area contributed by atoms with E-state index in [1.165, 1.54) is 32.1 Å². The van der Waals surface area contributed by atoms with E-state index < -0.39 is 0 Å². The third-order valence-corrected chi connectivity index (χ3v) is 5.34. The van der Waals surface area contributed by atoms with Gasteiger partial charge < -0.3 is 4.57 Å². The molecule has 2 aliphatic rings. The van der Waals surface area contributed by atoms with Crippen LogP contribution in [0, 0.1) is 6.92 Å². The molecule has 1 atom stereocenters. The fourth-order valence-electron chi connectivity index (χ4n) is 3.70. The van der Waals surface area contributed by atoms with Gasteiger partial charge >= 0.3 is 0 Å². The third kappa shape index (κ3) is 2.78. The van der Waals surface area contributed by atoms with Gasteiger partial charge in [0, 0.05) is 13.0 Å². The molecule has 1 aliphatic carbocycles. The van der Waals surface area contributed by atoms with E-state index in [0.29, 0.717) is 5.92 Å². The Morgan fingerprint density at radius 1 is 1.13 bits per heavy atom. The van der Waals surface area contributed by atoms with Gasteiger partial charge in [-0.3, -0.25) is 10.00 Å². The number of aryl methyl sites for hydroxylation is 1. The van der Waals surface area contributed by atoms with E-state index in [2.05, 4.69) is 41.9 Å². The first kappa shape index (κ1) is 14.8. The molecule has 1 aliphatic heterocycles. The molecule has 2 aromatic rings. The Hall–Kier alpha value is -1.76. The zero-order valence-electron chi connectivity index (χ0n) is 14.0. The summed E-state index contributed by atoms with van der Waals surface area (Å²) in [7, 11) is 2.11. The molecule has 0 amide bonds. The van der Waals surface area contributed by atoms with Crippen molar-refractivity contribution in [3.63, 3.8) is 0 Å². The molecule has 1 saturated carbocycles. The Balaban J connectivity index is 1.53. The molecular weight excluding hydrogens is 290 g/mol. The van der Waals surface area contributed by atoms with Crippen LogP contribution in [0.25, 0.3) is 0 Å². The van der Waals surface area contributed by atoms with Crippen LogP contribution < -0.4 is 0 Å². The Morgan fingerprint density at radius 2 is 2.00 bits per heavy atom. The molecule has 1 saturated heterocycles. The molecule has 4 rings (SSSR count). The summed E-state index contributed by atoms with van der Waals surface area (Å²) in [6.45, 7) is 3.86. The maximum Gasteiger partial charge on any atom is 0.167 e. The minimum absolute atomic E-state index is 0.289. The van der Waals surface area contributed by atoms with Crippen molar-refractivity contribution < 1.29 is 0 Å². The van der Waals surface area contributed by atoms with Crippen LogP contribution in [0.5, 0.6) is 0 Å². The molecule has 7 nitrogen and oxygen atoms in total. The molecule has 2 fully saturated rings. The molecule has 3 heterocycles. The van der Waals surface area contributed by atoms with Crippen LogP contribution in [-0.2, 0) is 13.6 Å². The summed E-state index contributed by atoms with van der Waals surface area (Å²) in [5.74, 6) is 4.65. The van der Waals surface area contributed by atoms with Gasteiger partial charge in [0.15, 0.2) is 5.82 Å². The first-order chi connectivity index (χ1) is 11.2. The lowest BCUT2D eigenvalue weighted by molar-refractivity contribution is 0.129. The monoisotopic (exact) mass is 315 g/mol. The average molecular weight is 315 g/mol. The van der Waals surface area contributed by atoms with E-state index >= 15 is 0 Å². The lowest BCUT2D eigenvalue weighted by atomic mass is 9.85. The van der Waals surface area contributed by atoms with Crippen molar-refractivity contribution in [3.05, 3.63) is 23.3 Å².